The van der Waals surface area contributed by atoms with Gasteiger partial charge in [-0.25, -0.2) is 0 Å². The molecule has 20 heavy (non-hydrogen) atoms. The minimum Gasteiger partial charge on any atom is -0.142 e. The molecular weight excluding hydrogens is 284 g/mol. The van der Waals surface area contributed by atoms with Crippen molar-refractivity contribution in [3.8, 4) is 0 Å². The van der Waals surface area contributed by atoms with Crippen molar-refractivity contribution in [2.75, 3.05) is 0 Å². The Morgan fingerprint density at radius 2 is 2.05 bits per heavy atom. The summed E-state index contributed by atoms with van der Waals surface area (Å²) in [6.07, 6.45) is 4.96. The maximum absolute atomic E-state index is 6.26. The van der Waals surface area contributed by atoms with Crippen LogP contribution in [-0.2, 0) is 0 Å². The van der Waals surface area contributed by atoms with Crippen molar-refractivity contribution in [2.24, 2.45) is 17.8 Å². The molecule has 0 spiro atoms. The van der Waals surface area contributed by atoms with Gasteiger partial charge >= 0.3 is 0 Å². The predicted octanol–water partition coefficient (Wildman–Crippen LogP) is 6.60. The van der Waals surface area contributed by atoms with Gasteiger partial charge in [0.2, 0.25) is 0 Å². The first-order valence-electron chi connectivity index (χ1n) is 7.21. The summed E-state index contributed by atoms with van der Waals surface area (Å²) < 4.78 is 0. The van der Waals surface area contributed by atoms with Crippen molar-refractivity contribution in [3.63, 3.8) is 0 Å². The zero-order valence-electron chi connectivity index (χ0n) is 12.6. The van der Waals surface area contributed by atoms with Crippen molar-refractivity contribution < 1.29 is 0 Å². The Labute approximate surface area is 131 Å². The van der Waals surface area contributed by atoms with Gasteiger partial charge < -0.3 is 0 Å². The standard InChI is InChI=1S/C18H23ClS/c1-11(2)13(4)12(3)10-16(15-6-7-15)14(5)18-17(19)8-9-20-18/h8-10,12-13,15H,1,5-7H2,2-4H3/b16-10+. The van der Waals surface area contributed by atoms with E-state index in [0.29, 0.717) is 17.8 Å². The molecule has 1 heterocycles. The molecule has 2 atom stereocenters. The average Bonchev–Trinajstić information content (AvgIpc) is 3.15. The van der Waals surface area contributed by atoms with Crippen LogP contribution in [0.3, 0.4) is 0 Å². The molecule has 0 radical (unpaired) electrons. The number of hydrogen-bond donors (Lipinski definition) is 0. The summed E-state index contributed by atoms with van der Waals surface area (Å²) in [5.74, 6) is 1.66. The fourth-order valence-corrected chi connectivity index (χ4v) is 3.56. The SMILES string of the molecule is C=C(/C(=C\C(C)C(C)C(=C)C)C1CC1)c1sccc1Cl. The Bertz CT molecular complexity index is 546. The highest BCUT2D eigenvalue weighted by atomic mass is 35.5. The fourth-order valence-electron chi connectivity index (χ4n) is 2.39. The summed E-state index contributed by atoms with van der Waals surface area (Å²) in [6, 6.07) is 1.96. The van der Waals surface area contributed by atoms with Gasteiger partial charge in [-0.1, -0.05) is 50.3 Å². The van der Waals surface area contributed by atoms with E-state index in [4.69, 9.17) is 11.6 Å². The van der Waals surface area contributed by atoms with Crippen molar-refractivity contribution in [1.82, 2.24) is 0 Å². The lowest BCUT2D eigenvalue weighted by atomic mass is 9.86. The van der Waals surface area contributed by atoms with Gasteiger partial charge in [0.1, 0.15) is 0 Å². The van der Waals surface area contributed by atoms with Gasteiger partial charge in [-0.05, 0) is 60.1 Å². The molecule has 0 amide bonds. The lowest BCUT2D eigenvalue weighted by Crippen LogP contribution is -2.07. The second-order valence-corrected chi connectivity index (χ2v) is 7.29. The third-order valence-electron chi connectivity index (χ3n) is 4.27. The maximum atomic E-state index is 6.26. The van der Waals surface area contributed by atoms with Crippen LogP contribution < -0.4 is 0 Å². The minimum atomic E-state index is 0.485. The second-order valence-electron chi connectivity index (χ2n) is 5.97. The first-order valence-corrected chi connectivity index (χ1v) is 8.47. The van der Waals surface area contributed by atoms with Crippen molar-refractivity contribution in [2.45, 2.75) is 33.6 Å². The normalized spacial score (nSPS) is 18.7. The molecule has 1 saturated carbocycles. The quantitative estimate of drug-likeness (QED) is 0.410. The summed E-state index contributed by atoms with van der Waals surface area (Å²) in [5.41, 5.74) is 3.76. The molecule has 1 fully saturated rings. The summed E-state index contributed by atoms with van der Waals surface area (Å²) in [6.45, 7) is 15.0. The van der Waals surface area contributed by atoms with Crippen molar-refractivity contribution in [1.29, 1.82) is 0 Å². The average molecular weight is 307 g/mol. The van der Waals surface area contributed by atoms with Crippen LogP contribution in [0.15, 0.2) is 41.8 Å². The molecule has 0 aromatic carbocycles. The van der Waals surface area contributed by atoms with E-state index < -0.39 is 0 Å². The lowest BCUT2D eigenvalue weighted by Gasteiger charge is -2.19. The van der Waals surface area contributed by atoms with E-state index in [1.807, 2.05) is 11.4 Å². The molecule has 1 aromatic heterocycles. The van der Waals surface area contributed by atoms with Gasteiger partial charge in [0.05, 0.1) is 9.90 Å². The van der Waals surface area contributed by atoms with E-state index in [-0.39, 0.29) is 0 Å². The number of thiophene rings is 1. The highest BCUT2D eigenvalue weighted by Gasteiger charge is 2.29. The Hall–Kier alpha value is -0.790. The van der Waals surface area contributed by atoms with E-state index >= 15 is 0 Å². The molecular formula is C18H23ClS. The Morgan fingerprint density at radius 1 is 1.40 bits per heavy atom. The molecule has 0 nitrogen and oxygen atoms in total. The Balaban J connectivity index is 2.26. The highest BCUT2D eigenvalue weighted by molar-refractivity contribution is 7.11. The van der Waals surface area contributed by atoms with E-state index in [1.165, 1.54) is 24.0 Å². The van der Waals surface area contributed by atoms with Gasteiger partial charge in [-0.3, -0.25) is 0 Å². The van der Waals surface area contributed by atoms with Crippen LogP contribution in [0.4, 0.5) is 0 Å². The Morgan fingerprint density at radius 3 is 2.50 bits per heavy atom. The minimum absolute atomic E-state index is 0.485. The first kappa shape index (κ1) is 15.6. The molecule has 2 heteroatoms. The Kier molecular flexibility index (Phi) is 4.93. The molecule has 108 valence electrons. The van der Waals surface area contributed by atoms with Crippen LogP contribution in [0, 0.1) is 17.8 Å². The molecule has 1 aliphatic carbocycles. The van der Waals surface area contributed by atoms with Crippen LogP contribution in [0.1, 0.15) is 38.5 Å². The predicted molar refractivity (Wildman–Crippen MR) is 92.3 cm³/mol. The van der Waals surface area contributed by atoms with Crippen LogP contribution in [0.2, 0.25) is 5.02 Å². The molecule has 0 bridgehead atoms. The fraction of sp³-hybridized carbons (Fsp3) is 0.444. The number of rotatable bonds is 6. The maximum Gasteiger partial charge on any atom is 0.0592 e. The van der Waals surface area contributed by atoms with Gasteiger partial charge in [0, 0.05) is 0 Å². The summed E-state index contributed by atoms with van der Waals surface area (Å²) >= 11 is 7.94. The zero-order valence-corrected chi connectivity index (χ0v) is 14.2. The molecule has 0 aliphatic heterocycles. The van der Waals surface area contributed by atoms with Gasteiger partial charge in [-0.2, -0.15) is 0 Å². The monoisotopic (exact) mass is 306 g/mol. The lowest BCUT2D eigenvalue weighted by molar-refractivity contribution is 0.528. The molecule has 2 rings (SSSR count). The first-order chi connectivity index (χ1) is 9.41. The van der Waals surface area contributed by atoms with E-state index in [2.05, 4.69) is 40.0 Å². The van der Waals surface area contributed by atoms with E-state index in [0.717, 1.165) is 15.5 Å². The zero-order chi connectivity index (χ0) is 14.9. The summed E-state index contributed by atoms with van der Waals surface area (Å²) in [7, 11) is 0. The summed E-state index contributed by atoms with van der Waals surface area (Å²) in [5, 5.41) is 2.86. The van der Waals surface area contributed by atoms with Crippen molar-refractivity contribution in [3.05, 3.63) is 51.7 Å². The molecule has 1 aromatic rings. The van der Waals surface area contributed by atoms with Crippen molar-refractivity contribution >= 4 is 28.5 Å². The molecule has 0 saturated heterocycles. The third kappa shape index (κ3) is 3.45. The topological polar surface area (TPSA) is 0 Å². The van der Waals surface area contributed by atoms with E-state index in [1.54, 1.807) is 11.3 Å². The highest BCUT2D eigenvalue weighted by Crippen LogP contribution is 2.45. The van der Waals surface area contributed by atoms with Crippen LogP contribution in [0.25, 0.3) is 5.57 Å². The van der Waals surface area contributed by atoms with Gasteiger partial charge in [0.15, 0.2) is 0 Å². The molecule has 1 aliphatic rings. The van der Waals surface area contributed by atoms with Gasteiger partial charge in [-0.15, -0.1) is 11.3 Å². The number of hydrogen-bond acceptors (Lipinski definition) is 1. The number of halogens is 1. The molecule has 0 N–H and O–H groups in total. The van der Waals surface area contributed by atoms with Crippen LogP contribution in [-0.4, -0.2) is 0 Å². The number of allylic oxidation sites excluding steroid dienone is 4. The third-order valence-corrected chi connectivity index (χ3v) is 5.67. The van der Waals surface area contributed by atoms with Crippen LogP contribution >= 0.6 is 22.9 Å². The second kappa shape index (κ2) is 6.32. The van der Waals surface area contributed by atoms with E-state index in [9.17, 15) is 0 Å². The smallest absolute Gasteiger partial charge is 0.0592 e. The summed E-state index contributed by atoms with van der Waals surface area (Å²) in [4.78, 5) is 1.12. The molecule has 2 unspecified atom stereocenters. The van der Waals surface area contributed by atoms with Crippen LogP contribution in [0.5, 0.6) is 0 Å². The van der Waals surface area contributed by atoms with Gasteiger partial charge in [0.25, 0.3) is 0 Å². The largest absolute Gasteiger partial charge is 0.142 e.